The van der Waals surface area contributed by atoms with E-state index < -0.39 is 52.6 Å². The summed E-state index contributed by atoms with van der Waals surface area (Å²) in [5, 5.41) is 12.4. The van der Waals surface area contributed by atoms with Crippen LogP contribution in [0.15, 0.2) is 29.3 Å². The molecule has 1 aliphatic heterocycles. The number of hydrogen-bond acceptors (Lipinski definition) is 6. The first-order chi connectivity index (χ1) is 16.8. The molecule has 1 aromatic carbocycles. The van der Waals surface area contributed by atoms with Crippen LogP contribution < -0.4 is 10.0 Å². The summed E-state index contributed by atoms with van der Waals surface area (Å²) in [6.07, 6.45) is 1.12. The SMILES string of the molecule is Cc1cc(NC(=O)c2c(F)c([S+]([O-])NC3CCN(C(=O)OC(C)(C)C)CC3CO)cn2C)ccc1F. The van der Waals surface area contributed by atoms with Crippen LogP contribution in [0.3, 0.4) is 0 Å². The van der Waals surface area contributed by atoms with Crippen molar-refractivity contribution in [2.75, 3.05) is 25.0 Å². The molecule has 36 heavy (non-hydrogen) atoms. The van der Waals surface area contributed by atoms with Crippen LogP contribution in [-0.4, -0.2) is 62.5 Å². The molecule has 1 saturated heterocycles. The Hall–Kier alpha value is -2.67. The van der Waals surface area contributed by atoms with Crippen molar-refractivity contribution < 1.29 is 32.8 Å². The molecule has 12 heteroatoms. The first-order valence-corrected chi connectivity index (χ1v) is 12.6. The van der Waals surface area contributed by atoms with Crippen molar-refractivity contribution in [3.63, 3.8) is 0 Å². The van der Waals surface area contributed by atoms with Crippen LogP contribution in [0.4, 0.5) is 19.3 Å². The van der Waals surface area contributed by atoms with Crippen molar-refractivity contribution in [1.82, 2.24) is 14.2 Å². The molecule has 0 aliphatic carbocycles. The highest BCUT2D eigenvalue weighted by atomic mass is 32.2. The lowest BCUT2D eigenvalue weighted by Gasteiger charge is -2.38. The number of halogens is 2. The van der Waals surface area contributed by atoms with Gasteiger partial charge in [0.15, 0.2) is 0 Å². The highest BCUT2D eigenvalue weighted by molar-refractivity contribution is 7.89. The number of benzene rings is 1. The van der Waals surface area contributed by atoms with Crippen LogP contribution in [0.25, 0.3) is 0 Å². The molecule has 9 nitrogen and oxygen atoms in total. The average Bonchev–Trinajstić information content (AvgIpc) is 3.09. The van der Waals surface area contributed by atoms with Gasteiger partial charge in [-0.1, -0.05) is 0 Å². The largest absolute Gasteiger partial charge is 0.593 e. The smallest absolute Gasteiger partial charge is 0.410 e. The number of piperidine rings is 1. The Bertz CT molecular complexity index is 1120. The molecule has 3 atom stereocenters. The number of likely N-dealkylation sites (tertiary alicyclic amines) is 1. The van der Waals surface area contributed by atoms with E-state index in [1.54, 1.807) is 27.7 Å². The minimum Gasteiger partial charge on any atom is -0.593 e. The Labute approximate surface area is 212 Å². The van der Waals surface area contributed by atoms with Gasteiger partial charge in [-0.2, -0.15) is 4.39 Å². The van der Waals surface area contributed by atoms with Crippen molar-refractivity contribution in [2.24, 2.45) is 13.0 Å². The molecule has 3 unspecified atom stereocenters. The summed E-state index contributed by atoms with van der Waals surface area (Å²) >= 11 is -2.03. The number of aliphatic hydroxyl groups excluding tert-OH is 1. The van der Waals surface area contributed by atoms with E-state index in [0.29, 0.717) is 24.2 Å². The molecule has 0 radical (unpaired) electrons. The van der Waals surface area contributed by atoms with Gasteiger partial charge in [0.05, 0.1) is 23.6 Å². The van der Waals surface area contributed by atoms with Gasteiger partial charge in [-0.3, -0.25) is 4.79 Å². The van der Waals surface area contributed by atoms with Crippen LogP contribution in [-0.2, 0) is 23.1 Å². The molecule has 2 aromatic rings. The fourth-order valence-electron chi connectivity index (χ4n) is 3.94. The van der Waals surface area contributed by atoms with Gasteiger partial charge in [0, 0.05) is 38.3 Å². The summed E-state index contributed by atoms with van der Waals surface area (Å²) in [6, 6.07) is 3.52. The lowest BCUT2D eigenvalue weighted by molar-refractivity contribution is 0.00979. The summed E-state index contributed by atoms with van der Waals surface area (Å²) < 4.78 is 51.2. The number of aryl methyl sites for hydroxylation is 2. The van der Waals surface area contributed by atoms with Crippen LogP contribution >= 0.6 is 0 Å². The standard InChI is InChI=1S/C24H32F2N4O5S/c1-14-10-16(6-7-17(14)25)27-22(32)21-20(26)19(12-29(21)5)36(34)28-18-8-9-30(11-15(18)13-31)23(33)35-24(2,3)4/h6-7,10,12,15,18,28,31H,8-9,11,13H2,1-5H3,(H,27,32). The molecule has 3 rings (SSSR count). The van der Waals surface area contributed by atoms with E-state index >= 15 is 4.39 Å². The average molecular weight is 527 g/mol. The topological polar surface area (TPSA) is 119 Å². The monoisotopic (exact) mass is 526 g/mol. The zero-order chi connectivity index (χ0) is 26.8. The second kappa shape index (κ2) is 11.2. The first kappa shape index (κ1) is 27.9. The van der Waals surface area contributed by atoms with E-state index in [0.717, 1.165) is 0 Å². The third-order valence-electron chi connectivity index (χ3n) is 5.80. The summed E-state index contributed by atoms with van der Waals surface area (Å²) in [5.74, 6) is -2.61. The molecule has 1 aliphatic rings. The predicted molar refractivity (Wildman–Crippen MR) is 131 cm³/mol. The first-order valence-electron chi connectivity index (χ1n) is 11.5. The van der Waals surface area contributed by atoms with Crippen molar-refractivity contribution in [2.45, 2.75) is 50.7 Å². The van der Waals surface area contributed by atoms with Gasteiger partial charge in [0.25, 0.3) is 5.91 Å². The Morgan fingerprint density at radius 3 is 2.61 bits per heavy atom. The fraction of sp³-hybridized carbons (Fsp3) is 0.500. The normalized spacial score (nSPS) is 19.2. The van der Waals surface area contributed by atoms with Crippen LogP contribution in [0, 0.1) is 24.5 Å². The van der Waals surface area contributed by atoms with Gasteiger partial charge in [-0.05, 0) is 57.9 Å². The third kappa shape index (κ3) is 6.55. The summed E-state index contributed by atoms with van der Waals surface area (Å²) in [5.41, 5.74) is -0.377. The second-order valence-electron chi connectivity index (χ2n) is 9.84. The quantitative estimate of drug-likeness (QED) is 0.498. The Morgan fingerprint density at radius 2 is 2.00 bits per heavy atom. The number of nitrogens with one attached hydrogen (secondary N) is 2. The van der Waals surface area contributed by atoms with E-state index in [4.69, 9.17) is 4.74 Å². The number of amides is 2. The maximum atomic E-state index is 15.2. The van der Waals surface area contributed by atoms with E-state index in [1.165, 1.54) is 40.9 Å². The third-order valence-corrected chi connectivity index (χ3v) is 7.00. The summed E-state index contributed by atoms with van der Waals surface area (Å²) in [6.45, 7) is 7.03. The maximum Gasteiger partial charge on any atom is 0.410 e. The molecule has 2 amide bonds. The number of hydrogen-bond donors (Lipinski definition) is 3. The molecule has 1 fully saturated rings. The minimum absolute atomic E-state index is 0.183. The number of aromatic nitrogens is 1. The number of rotatable bonds is 6. The van der Waals surface area contributed by atoms with Gasteiger partial charge in [-0.25, -0.2) is 9.18 Å². The van der Waals surface area contributed by atoms with Gasteiger partial charge in [-0.15, -0.1) is 4.72 Å². The van der Waals surface area contributed by atoms with E-state index in [9.17, 15) is 23.6 Å². The van der Waals surface area contributed by atoms with Crippen molar-refractivity contribution in [3.8, 4) is 0 Å². The molecule has 0 saturated carbocycles. The molecule has 0 spiro atoms. The predicted octanol–water partition coefficient (Wildman–Crippen LogP) is 3.09. The van der Waals surface area contributed by atoms with Gasteiger partial charge in [0.2, 0.25) is 10.7 Å². The van der Waals surface area contributed by atoms with Crippen LogP contribution in [0.1, 0.15) is 43.2 Å². The van der Waals surface area contributed by atoms with Crippen molar-refractivity contribution in [3.05, 3.63) is 47.3 Å². The zero-order valence-electron chi connectivity index (χ0n) is 20.9. The fourth-order valence-corrected chi connectivity index (χ4v) is 5.16. The van der Waals surface area contributed by atoms with Gasteiger partial charge < -0.3 is 29.2 Å². The molecule has 0 bridgehead atoms. The molecular weight excluding hydrogens is 494 g/mol. The van der Waals surface area contributed by atoms with Gasteiger partial charge in [0.1, 0.15) is 17.1 Å². The molecule has 1 aromatic heterocycles. The maximum absolute atomic E-state index is 15.2. The number of aliphatic hydroxyl groups is 1. The molecule has 3 N–H and O–H groups in total. The van der Waals surface area contributed by atoms with Crippen LogP contribution in [0.2, 0.25) is 0 Å². The molecule has 2 heterocycles. The van der Waals surface area contributed by atoms with Crippen LogP contribution in [0.5, 0.6) is 0 Å². The van der Waals surface area contributed by atoms with Crippen molar-refractivity contribution >= 4 is 29.0 Å². The number of carbonyl (C=O) groups is 2. The zero-order valence-corrected chi connectivity index (χ0v) is 21.7. The lowest BCUT2D eigenvalue weighted by atomic mass is 9.94. The van der Waals surface area contributed by atoms with E-state index in [1.807, 2.05) is 0 Å². The lowest BCUT2D eigenvalue weighted by Crippen LogP contribution is -2.54. The summed E-state index contributed by atoms with van der Waals surface area (Å²) in [4.78, 5) is 26.3. The highest BCUT2D eigenvalue weighted by Crippen LogP contribution is 2.25. The number of nitrogens with zero attached hydrogens (tertiary/aromatic N) is 2. The Kier molecular flexibility index (Phi) is 8.65. The Morgan fingerprint density at radius 1 is 1.31 bits per heavy atom. The van der Waals surface area contributed by atoms with Crippen molar-refractivity contribution in [1.29, 1.82) is 0 Å². The van der Waals surface area contributed by atoms with E-state index in [-0.39, 0.29) is 23.7 Å². The molecule has 198 valence electrons. The summed E-state index contributed by atoms with van der Waals surface area (Å²) in [7, 11) is 1.45. The number of carbonyl (C=O) groups excluding carboxylic acids is 2. The second-order valence-corrected chi connectivity index (χ2v) is 11.0. The number of ether oxygens (including phenoxy) is 1. The minimum atomic E-state index is -2.03. The molecular formula is C24H32F2N4O5S. The highest BCUT2D eigenvalue weighted by Gasteiger charge is 2.37. The Balaban J connectivity index is 1.69. The van der Waals surface area contributed by atoms with Gasteiger partial charge >= 0.3 is 6.09 Å². The number of anilines is 1. The van der Waals surface area contributed by atoms with E-state index in [2.05, 4.69) is 10.0 Å².